The number of hydrogen-bond acceptors (Lipinski definition) is 3. The Morgan fingerprint density at radius 3 is 2.85 bits per heavy atom. The Balaban J connectivity index is 2.07. The number of nitrogens with one attached hydrogen (secondary N) is 1. The molecule has 1 atom stereocenters. The summed E-state index contributed by atoms with van der Waals surface area (Å²) in [4.78, 5) is 13.3. The molecular formula is C16H19NOS2. The van der Waals surface area contributed by atoms with Gasteiger partial charge in [0.2, 0.25) is 0 Å². The third-order valence-electron chi connectivity index (χ3n) is 3.10. The monoisotopic (exact) mass is 305 g/mol. The molecule has 1 aromatic carbocycles. The number of thioether (sulfide) groups is 1. The van der Waals surface area contributed by atoms with E-state index in [4.69, 9.17) is 0 Å². The summed E-state index contributed by atoms with van der Waals surface area (Å²) in [5, 5.41) is 7.26. The van der Waals surface area contributed by atoms with E-state index in [9.17, 15) is 4.79 Å². The van der Waals surface area contributed by atoms with Gasteiger partial charge >= 0.3 is 0 Å². The highest BCUT2D eigenvalue weighted by Gasteiger charge is 2.13. The van der Waals surface area contributed by atoms with Crippen LogP contribution in [0.1, 0.15) is 36.2 Å². The van der Waals surface area contributed by atoms with E-state index < -0.39 is 0 Å². The lowest BCUT2D eigenvalue weighted by molar-refractivity contribution is 0.0936. The fraction of sp³-hybridized carbons (Fsp3) is 0.312. The minimum Gasteiger partial charge on any atom is -0.350 e. The summed E-state index contributed by atoms with van der Waals surface area (Å²) in [6.07, 6.45) is 0.940. The minimum atomic E-state index is 0.0211. The first-order valence-corrected chi connectivity index (χ1v) is 8.67. The summed E-state index contributed by atoms with van der Waals surface area (Å²) in [5.74, 6) is 0.921. The number of thiophene rings is 1. The molecule has 1 amide bonds. The van der Waals surface area contributed by atoms with Gasteiger partial charge in [-0.3, -0.25) is 4.79 Å². The number of hydrogen-bond donors (Lipinski definition) is 1. The number of amides is 1. The van der Waals surface area contributed by atoms with E-state index in [-0.39, 0.29) is 11.9 Å². The van der Waals surface area contributed by atoms with Crippen LogP contribution in [0.3, 0.4) is 0 Å². The second-order valence-electron chi connectivity index (χ2n) is 4.70. The Hall–Kier alpha value is -1.26. The van der Waals surface area contributed by atoms with Crippen molar-refractivity contribution < 1.29 is 4.79 Å². The highest BCUT2D eigenvalue weighted by molar-refractivity contribution is 7.98. The van der Waals surface area contributed by atoms with Crippen molar-refractivity contribution in [2.24, 2.45) is 0 Å². The zero-order valence-corrected chi connectivity index (χ0v) is 13.4. The Kier molecular flexibility index (Phi) is 5.68. The zero-order valence-electron chi connectivity index (χ0n) is 11.8. The molecule has 0 saturated heterocycles. The molecule has 0 aliphatic rings. The van der Waals surface area contributed by atoms with Gasteiger partial charge in [0.05, 0.1) is 5.56 Å². The summed E-state index contributed by atoms with van der Waals surface area (Å²) >= 11 is 3.42. The quantitative estimate of drug-likeness (QED) is 0.792. The highest BCUT2D eigenvalue weighted by Crippen LogP contribution is 2.27. The SMILES string of the molecule is CCC(C)NC(=O)c1ccccc1SCc1ccsc1. The molecule has 0 fully saturated rings. The van der Waals surface area contributed by atoms with Crippen LogP contribution in [-0.4, -0.2) is 11.9 Å². The minimum absolute atomic E-state index is 0.0211. The van der Waals surface area contributed by atoms with Gasteiger partial charge in [-0.2, -0.15) is 11.3 Å². The summed E-state index contributed by atoms with van der Waals surface area (Å²) in [7, 11) is 0. The van der Waals surface area contributed by atoms with Crippen molar-refractivity contribution in [3.05, 3.63) is 52.2 Å². The van der Waals surface area contributed by atoms with E-state index in [2.05, 4.69) is 29.1 Å². The largest absolute Gasteiger partial charge is 0.350 e. The van der Waals surface area contributed by atoms with Crippen LogP contribution in [0.2, 0.25) is 0 Å². The maximum absolute atomic E-state index is 12.3. The van der Waals surface area contributed by atoms with E-state index in [0.29, 0.717) is 0 Å². The molecule has 0 aliphatic heterocycles. The summed E-state index contributed by atoms with van der Waals surface area (Å²) in [5.41, 5.74) is 2.07. The fourth-order valence-electron chi connectivity index (χ4n) is 1.72. The molecule has 0 aliphatic carbocycles. The number of carbonyl (C=O) groups is 1. The summed E-state index contributed by atoms with van der Waals surface area (Å²) < 4.78 is 0. The first-order chi connectivity index (χ1) is 9.70. The Bertz CT molecular complexity index is 551. The van der Waals surface area contributed by atoms with Crippen molar-refractivity contribution >= 4 is 29.0 Å². The number of rotatable bonds is 6. The molecule has 0 saturated carbocycles. The molecule has 1 aromatic heterocycles. The van der Waals surface area contributed by atoms with Crippen LogP contribution in [0.25, 0.3) is 0 Å². The Morgan fingerprint density at radius 1 is 1.35 bits per heavy atom. The third-order valence-corrected chi connectivity index (χ3v) is 4.97. The third kappa shape index (κ3) is 4.12. The summed E-state index contributed by atoms with van der Waals surface area (Å²) in [6.45, 7) is 4.10. The van der Waals surface area contributed by atoms with Crippen LogP contribution in [0.5, 0.6) is 0 Å². The molecule has 4 heteroatoms. The van der Waals surface area contributed by atoms with Crippen LogP contribution in [-0.2, 0) is 5.75 Å². The van der Waals surface area contributed by atoms with Gasteiger partial charge in [-0.1, -0.05) is 19.1 Å². The summed E-state index contributed by atoms with van der Waals surface area (Å²) in [6, 6.07) is 10.1. The van der Waals surface area contributed by atoms with Crippen molar-refractivity contribution in [2.45, 2.75) is 37.0 Å². The predicted octanol–water partition coefficient (Wildman–Crippen LogP) is 4.57. The maximum atomic E-state index is 12.3. The molecular weight excluding hydrogens is 286 g/mol. The molecule has 2 rings (SSSR count). The zero-order chi connectivity index (χ0) is 14.4. The second kappa shape index (κ2) is 7.50. The van der Waals surface area contributed by atoms with Crippen molar-refractivity contribution in [3.8, 4) is 0 Å². The number of carbonyl (C=O) groups excluding carboxylic acids is 1. The van der Waals surface area contributed by atoms with Gasteiger partial charge in [-0.25, -0.2) is 0 Å². The standard InChI is InChI=1S/C16H19NOS2/c1-3-12(2)17-16(18)14-6-4-5-7-15(14)20-11-13-8-9-19-10-13/h4-10,12H,3,11H2,1-2H3,(H,17,18). The Labute approximate surface area is 128 Å². The lowest BCUT2D eigenvalue weighted by Gasteiger charge is -2.13. The van der Waals surface area contributed by atoms with E-state index in [1.54, 1.807) is 23.1 Å². The van der Waals surface area contributed by atoms with Gasteiger partial charge in [-0.05, 0) is 47.9 Å². The van der Waals surface area contributed by atoms with Crippen molar-refractivity contribution in [1.29, 1.82) is 0 Å². The molecule has 1 heterocycles. The first kappa shape index (κ1) is 15.1. The van der Waals surface area contributed by atoms with Gasteiger partial charge in [0.1, 0.15) is 0 Å². The van der Waals surface area contributed by atoms with E-state index in [1.165, 1.54) is 5.56 Å². The van der Waals surface area contributed by atoms with Gasteiger partial charge in [0.25, 0.3) is 5.91 Å². The molecule has 0 spiro atoms. The van der Waals surface area contributed by atoms with Gasteiger partial charge in [0, 0.05) is 16.7 Å². The number of benzene rings is 1. The van der Waals surface area contributed by atoms with Crippen molar-refractivity contribution in [1.82, 2.24) is 5.32 Å². The van der Waals surface area contributed by atoms with Crippen molar-refractivity contribution in [2.75, 3.05) is 0 Å². The van der Waals surface area contributed by atoms with Gasteiger partial charge in [-0.15, -0.1) is 11.8 Å². The molecule has 0 radical (unpaired) electrons. The van der Waals surface area contributed by atoms with Crippen LogP contribution < -0.4 is 5.32 Å². The van der Waals surface area contributed by atoms with Gasteiger partial charge < -0.3 is 5.32 Å². The van der Waals surface area contributed by atoms with Gasteiger partial charge in [0.15, 0.2) is 0 Å². The molecule has 0 bridgehead atoms. The average molecular weight is 305 g/mol. The molecule has 106 valence electrons. The van der Waals surface area contributed by atoms with Crippen LogP contribution in [0.4, 0.5) is 0 Å². The van der Waals surface area contributed by atoms with E-state index >= 15 is 0 Å². The lowest BCUT2D eigenvalue weighted by Crippen LogP contribution is -2.32. The molecule has 20 heavy (non-hydrogen) atoms. The average Bonchev–Trinajstić information content (AvgIpc) is 2.98. The fourth-order valence-corrected chi connectivity index (χ4v) is 3.49. The van der Waals surface area contributed by atoms with Crippen LogP contribution in [0.15, 0.2) is 46.0 Å². The van der Waals surface area contributed by atoms with Crippen molar-refractivity contribution in [3.63, 3.8) is 0 Å². The topological polar surface area (TPSA) is 29.1 Å². The van der Waals surface area contributed by atoms with Crippen LogP contribution >= 0.6 is 23.1 Å². The first-order valence-electron chi connectivity index (χ1n) is 6.74. The molecule has 1 N–H and O–H groups in total. The Morgan fingerprint density at radius 2 is 2.15 bits per heavy atom. The predicted molar refractivity (Wildman–Crippen MR) is 87.5 cm³/mol. The lowest BCUT2D eigenvalue weighted by atomic mass is 10.2. The highest BCUT2D eigenvalue weighted by atomic mass is 32.2. The second-order valence-corrected chi connectivity index (χ2v) is 6.50. The maximum Gasteiger partial charge on any atom is 0.252 e. The molecule has 1 unspecified atom stereocenters. The van der Waals surface area contributed by atoms with Crippen LogP contribution in [0, 0.1) is 0 Å². The smallest absolute Gasteiger partial charge is 0.252 e. The van der Waals surface area contributed by atoms with E-state index in [0.717, 1.165) is 22.6 Å². The molecule has 2 nitrogen and oxygen atoms in total. The van der Waals surface area contributed by atoms with E-state index in [1.807, 2.05) is 31.2 Å². The normalized spacial score (nSPS) is 12.1. The molecule has 2 aromatic rings.